The summed E-state index contributed by atoms with van der Waals surface area (Å²) in [6, 6.07) is 13.5. The van der Waals surface area contributed by atoms with E-state index in [0.29, 0.717) is 5.56 Å². The number of nitrogens with zero attached hydrogens (tertiary/aromatic N) is 2. The van der Waals surface area contributed by atoms with E-state index in [-0.39, 0.29) is 12.7 Å². The molecule has 1 fully saturated rings. The summed E-state index contributed by atoms with van der Waals surface area (Å²) in [6.07, 6.45) is 5.74. The van der Waals surface area contributed by atoms with Crippen molar-refractivity contribution in [2.24, 2.45) is 0 Å². The number of aromatic nitrogens is 1. The van der Waals surface area contributed by atoms with Crippen molar-refractivity contribution >= 4 is 34.4 Å². The second-order valence-electron chi connectivity index (χ2n) is 9.55. The molecule has 3 aromatic rings. The van der Waals surface area contributed by atoms with Crippen LogP contribution in [0, 0.1) is 0 Å². The van der Waals surface area contributed by atoms with Gasteiger partial charge in [0.25, 0.3) is 5.91 Å². The summed E-state index contributed by atoms with van der Waals surface area (Å²) in [5.41, 5.74) is 5.02. The average Bonchev–Trinajstić information content (AvgIpc) is 3.59. The highest BCUT2D eigenvalue weighted by Gasteiger charge is 2.30. The monoisotopic (exact) mass is 484 g/mol. The Labute approximate surface area is 209 Å². The fourth-order valence-electron chi connectivity index (χ4n) is 5.38. The Kier molecular flexibility index (Phi) is 5.83. The molecule has 0 bridgehead atoms. The Bertz CT molecular complexity index is 1390. The van der Waals surface area contributed by atoms with Gasteiger partial charge >= 0.3 is 5.97 Å². The Morgan fingerprint density at radius 2 is 1.83 bits per heavy atom. The first-order valence-electron chi connectivity index (χ1n) is 12.6. The third kappa shape index (κ3) is 4.08. The zero-order valence-electron chi connectivity index (χ0n) is 20.3. The van der Waals surface area contributed by atoms with Gasteiger partial charge in [-0.2, -0.15) is 0 Å². The maximum absolute atomic E-state index is 13.6. The maximum atomic E-state index is 13.6. The molecule has 0 radical (unpaired) electrons. The van der Waals surface area contributed by atoms with E-state index < -0.39 is 12.1 Å². The standard InChI is InChI=1S/C29H28N2O5/c1-18(28(32)31-13-4-5-14-31)36-29(33)26-21-8-2-3-10-23(21)30-27-20(7-6-9-22(26)27)15-19-11-12-24-25(16-19)35-17-34-24/h2-3,8,10-12,15-16,18H,4-7,9,13-14,17H2,1H3/b20-15-/t18-/m0/s1. The highest BCUT2D eigenvalue weighted by atomic mass is 16.7. The minimum atomic E-state index is -0.828. The summed E-state index contributed by atoms with van der Waals surface area (Å²) in [7, 11) is 0. The van der Waals surface area contributed by atoms with Crippen LogP contribution in [0.4, 0.5) is 0 Å². The van der Waals surface area contributed by atoms with E-state index in [9.17, 15) is 9.59 Å². The summed E-state index contributed by atoms with van der Waals surface area (Å²) < 4.78 is 16.8. The molecule has 36 heavy (non-hydrogen) atoms. The van der Waals surface area contributed by atoms with E-state index >= 15 is 0 Å². The molecule has 1 amide bonds. The third-order valence-electron chi connectivity index (χ3n) is 7.16. The highest BCUT2D eigenvalue weighted by molar-refractivity contribution is 6.07. The molecule has 0 saturated carbocycles. The van der Waals surface area contributed by atoms with Crippen molar-refractivity contribution in [2.45, 2.75) is 45.1 Å². The largest absolute Gasteiger partial charge is 0.454 e. The molecular formula is C29H28N2O5. The molecule has 0 spiro atoms. The normalized spacial score (nSPS) is 18.4. The molecule has 2 aromatic carbocycles. The van der Waals surface area contributed by atoms with Gasteiger partial charge in [0.2, 0.25) is 6.79 Å². The first-order chi connectivity index (χ1) is 17.6. The van der Waals surface area contributed by atoms with Gasteiger partial charge in [-0.05, 0) is 80.0 Å². The molecule has 0 N–H and O–H groups in total. The summed E-state index contributed by atoms with van der Waals surface area (Å²) in [6.45, 7) is 3.35. The van der Waals surface area contributed by atoms with Crippen molar-refractivity contribution in [3.05, 3.63) is 64.8 Å². The van der Waals surface area contributed by atoms with Crippen LogP contribution >= 0.6 is 0 Å². The second-order valence-corrected chi connectivity index (χ2v) is 9.55. The quantitative estimate of drug-likeness (QED) is 0.485. The number of ether oxygens (including phenoxy) is 3. The lowest BCUT2D eigenvalue weighted by atomic mass is 9.86. The number of carbonyl (C=O) groups excluding carboxylic acids is 2. The molecule has 6 rings (SSSR count). The molecule has 184 valence electrons. The third-order valence-corrected chi connectivity index (χ3v) is 7.16. The average molecular weight is 485 g/mol. The molecule has 7 heteroatoms. The molecule has 2 aliphatic heterocycles. The Morgan fingerprint density at radius 1 is 1.03 bits per heavy atom. The number of amides is 1. The van der Waals surface area contributed by atoms with Crippen LogP contribution in [0.2, 0.25) is 0 Å². The smallest absolute Gasteiger partial charge is 0.339 e. The first kappa shape index (κ1) is 22.6. The number of pyridine rings is 1. The number of fused-ring (bicyclic) bond motifs is 3. The Morgan fingerprint density at radius 3 is 2.69 bits per heavy atom. The van der Waals surface area contributed by atoms with Crippen molar-refractivity contribution in [1.29, 1.82) is 0 Å². The summed E-state index contributed by atoms with van der Waals surface area (Å²) in [4.78, 5) is 33.2. The van der Waals surface area contributed by atoms with Crippen molar-refractivity contribution < 1.29 is 23.8 Å². The maximum Gasteiger partial charge on any atom is 0.339 e. The van der Waals surface area contributed by atoms with Gasteiger partial charge < -0.3 is 19.1 Å². The topological polar surface area (TPSA) is 78.0 Å². The van der Waals surface area contributed by atoms with E-state index in [1.54, 1.807) is 11.8 Å². The lowest BCUT2D eigenvalue weighted by Crippen LogP contribution is -2.38. The zero-order chi connectivity index (χ0) is 24.6. The van der Waals surface area contributed by atoms with Crippen LogP contribution in [0.5, 0.6) is 11.5 Å². The van der Waals surface area contributed by atoms with Crippen molar-refractivity contribution in [1.82, 2.24) is 9.88 Å². The van der Waals surface area contributed by atoms with Gasteiger partial charge in [0.15, 0.2) is 17.6 Å². The van der Waals surface area contributed by atoms with E-state index in [0.717, 1.165) is 90.0 Å². The van der Waals surface area contributed by atoms with Gasteiger partial charge in [-0.3, -0.25) is 4.79 Å². The van der Waals surface area contributed by atoms with E-state index in [4.69, 9.17) is 19.2 Å². The molecule has 0 unspecified atom stereocenters. The van der Waals surface area contributed by atoms with Crippen molar-refractivity contribution in [3.8, 4) is 11.5 Å². The van der Waals surface area contributed by atoms with E-state index in [2.05, 4.69) is 6.08 Å². The van der Waals surface area contributed by atoms with Crippen molar-refractivity contribution in [3.63, 3.8) is 0 Å². The van der Waals surface area contributed by atoms with Gasteiger partial charge in [-0.25, -0.2) is 9.78 Å². The Hall–Kier alpha value is -3.87. The minimum Gasteiger partial charge on any atom is -0.454 e. The SMILES string of the molecule is C[C@H](OC(=O)c1c2c(nc3ccccc13)/C(=C\c1ccc3c(c1)OCO3)CCC2)C(=O)N1CCCC1. The van der Waals surface area contributed by atoms with Crippen LogP contribution < -0.4 is 9.47 Å². The van der Waals surface area contributed by atoms with Crippen LogP contribution in [-0.2, 0) is 16.0 Å². The van der Waals surface area contributed by atoms with Gasteiger partial charge in [0.05, 0.1) is 16.8 Å². The van der Waals surface area contributed by atoms with E-state index in [1.807, 2.05) is 42.5 Å². The summed E-state index contributed by atoms with van der Waals surface area (Å²) in [5, 5.41) is 0.756. The molecule has 7 nitrogen and oxygen atoms in total. The fourth-order valence-corrected chi connectivity index (χ4v) is 5.38. The molecule has 1 atom stereocenters. The number of rotatable bonds is 4. The van der Waals surface area contributed by atoms with Crippen molar-refractivity contribution in [2.75, 3.05) is 19.9 Å². The predicted octanol–water partition coefficient (Wildman–Crippen LogP) is 5.01. The fraction of sp³-hybridized carbons (Fsp3) is 0.345. The number of esters is 1. The molecule has 1 saturated heterocycles. The van der Waals surface area contributed by atoms with Gasteiger partial charge in [-0.15, -0.1) is 0 Å². The molecule has 1 aromatic heterocycles. The number of hydrogen-bond donors (Lipinski definition) is 0. The van der Waals surface area contributed by atoms with Gasteiger partial charge in [-0.1, -0.05) is 24.3 Å². The van der Waals surface area contributed by atoms with Crippen LogP contribution in [0.3, 0.4) is 0 Å². The molecule has 3 heterocycles. The zero-order valence-corrected chi connectivity index (χ0v) is 20.3. The minimum absolute atomic E-state index is 0.128. The number of allylic oxidation sites excluding steroid dienone is 1. The number of benzene rings is 2. The van der Waals surface area contributed by atoms with E-state index in [1.165, 1.54) is 0 Å². The van der Waals surface area contributed by atoms with Crippen LogP contribution in [0.15, 0.2) is 42.5 Å². The first-order valence-corrected chi connectivity index (χ1v) is 12.6. The van der Waals surface area contributed by atoms with Crippen LogP contribution in [-0.4, -0.2) is 47.7 Å². The summed E-state index contributed by atoms with van der Waals surface area (Å²) >= 11 is 0. The van der Waals surface area contributed by atoms with Gasteiger partial charge in [0, 0.05) is 18.5 Å². The van der Waals surface area contributed by atoms with Crippen LogP contribution in [0.25, 0.3) is 22.6 Å². The highest BCUT2D eigenvalue weighted by Crippen LogP contribution is 2.38. The number of para-hydroxylation sites is 1. The predicted molar refractivity (Wildman–Crippen MR) is 136 cm³/mol. The number of carbonyl (C=O) groups is 2. The second kappa shape index (κ2) is 9.30. The lowest BCUT2D eigenvalue weighted by molar-refractivity contribution is -0.138. The molecule has 3 aliphatic rings. The lowest BCUT2D eigenvalue weighted by Gasteiger charge is -2.24. The molecular weight excluding hydrogens is 456 g/mol. The number of hydrogen-bond acceptors (Lipinski definition) is 6. The summed E-state index contributed by atoms with van der Waals surface area (Å²) in [5.74, 6) is 0.881. The number of likely N-dealkylation sites (tertiary alicyclic amines) is 1. The Balaban J connectivity index is 1.39. The van der Waals surface area contributed by atoms with Gasteiger partial charge in [0.1, 0.15) is 0 Å². The molecule has 1 aliphatic carbocycles. The van der Waals surface area contributed by atoms with Crippen LogP contribution in [0.1, 0.15) is 59.8 Å².